The third-order valence-corrected chi connectivity index (χ3v) is 7.67. The molecule has 4 aromatic rings. The van der Waals surface area contributed by atoms with Crippen LogP contribution in [0.2, 0.25) is 0 Å². The van der Waals surface area contributed by atoms with Gasteiger partial charge in [0, 0.05) is 12.1 Å². The van der Waals surface area contributed by atoms with Crippen molar-refractivity contribution in [2.24, 2.45) is 0 Å². The van der Waals surface area contributed by atoms with Crippen molar-refractivity contribution in [3.8, 4) is 16.9 Å². The van der Waals surface area contributed by atoms with E-state index >= 15 is 0 Å². The Kier molecular flexibility index (Phi) is 5.19. The molecule has 0 amide bonds. The summed E-state index contributed by atoms with van der Waals surface area (Å²) in [5.74, 6) is 0.620. The summed E-state index contributed by atoms with van der Waals surface area (Å²) < 4.78 is 53.3. The maximum Gasteiger partial charge on any atom is 0.243 e. The molecular formula is C24H21FN2O4S. The molecule has 0 radical (unpaired) electrons. The lowest BCUT2D eigenvalue weighted by atomic mass is 10.0. The minimum absolute atomic E-state index is 0.197. The number of hydrogen-bond acceptors (Lipinski definition) is 5. The number of rotatable bonds is 5. The molecule has 0 spiro atoms. The van der Waals surface area contributed by atoms with E-state index in [1.165, 1.54) is 29.6 Å². The second-order valence-electron chi connectivity index (χ2n) is 7.66. The normalized spacial score (nSPS) is 17.1. The van der Waals surface area contributed by atoms with Gasteiger partial charge in [-0.05, 0) is 60.9 Å². The van der Waals surface area contributed by atoms with Crippen LogP contribution >= 0.6 is 0 Å². The lowest BCUT2D eigenvalue weighted by molar-refractivity contribution is 0.337. The Morgan fingerprint density at radius 3 is 2.62 bits per heavy atom. The molecule has 1 atom stereocenters. The van der Waals surface area contributed by atoms with Gasteiger partial charge < -0.3 is 9.15 Å². The van der Waals surface area contributed by atoms with Gasteiger partial charge in [-0.3, -0.25) is 0 Å². The maximum atomic E-state index is 14.2. The minimum Gasteiger partial charge on any atom is -0.497 e. The Balaban J connectivity index is 1.49. The van der Waals surface area contributed by atoms with Gasteiger partial charge in [-0.15, -0.1) is 0 Å². The van der Waals surface area contributed by atoms with Crippen LogP contribution in [0, 0.1) is 5.82 Å². The van der Waals surface area contributed by atoms with Crippen molar-refractivity contribution in [2.45, 2.75) is 23.8 Å². The smallest absolute Gasteiger partial charge is 0.243 e. The van der Waals surface area contributed by atoms with Gasteiger partial charge in [0.15, 0.2) is 5.58 Å². The highest BCUT2D eigenvalue weighted by Crippen LogP contribution is 2.38. The number of benzene rings is 3. The van der Waals surface area contributed by atoms with Crippen LogP contribution < -0.4 is 4.74 Å². The van der Waals surface area contributed by atoms with Gasteiger partial charge in [0.2, 0.25) is 15.9 Å². The third kappa shape index (κ3) is 3.55. The van der Waals surface area contributed by atoms with Crippen LogP contribution in [0.3, 0.4) is 0 Å². The van der Waals surface area contributed by atoms with E-state index < -0.39 is 16.1 Å². The first kappa shape index (κ1) is 20.7. The molecule has 1 aliphatic rings. The summed E-state index contributed by atoms with van der Waals surface area (Å²) in [6.07, 6.45) is 1.32. The highest BCUT2D eigenvalue weighted by atomic mass is 32.2. The first-order valence-corrected chi connectivity index (χ1v) is 11.7. The van der Waals surface area contributed by atoms with E-state index in [9.17, 15) is 12.8 Å². The van der Waals surface area contributed by atoms with Crippen molar-refractivity contribution >= 4 is 21.1 Å². The van der Waals surface area contributed by atoms with Crippen molar-refractivity contribution in [3.63, 3.8) is 0 Å². The maximum absolute atomic E-state index is 14.2. The summed E-state index contributed by atoms with van der Waals surface area (Å²) in [4.78, 5) is 4.78. The molecule has 3 aromatic carbocycles. The Morgan fingerprint density at radius 1 is 1.09 bits per heavy atom. The SMILES string of the molecule is COc1ccc(S(=O)(=O)N2CCCC2c2nc3cc(-c4ccccc4F)ccc3o2)cc1. The lowest BCUT2D eigenvalue weighted by Crippen LogP contribution is -2.30. The van der Waals surface area contributed by atoms with E-state index in [4.69, 9.17) is 9.15 Å². The molecule has 1 aliphatic heterocycles. The zero-order valence-corrected chi connectivity index (χ0v) is 18.2. The molecule has 0 saturated carbocycles. The quantitative estimate of drug-likeness (QED) is 0.418. The van der Waals surface area contributed by atoms with Crippen LogP contribution in [0.4, 0.5) is 4.39 Å². The second kappa shape index (κ2) is 8.03. The number of oxazole rings is 1. The largest absolute Gasteiger partial charge is 0.497 e. The molecule has 0 aliphatic carbocycles. The van der Waals surface area contributed by atoms with Crippen molar-refractivity contribution < 1.29 is 22.0 Å². The van der Waals surface area contributed by atoms with Gasteiger partial charge in [-0.1, -0.05) is 24.3 Å². The number of halogens is 1. The molecular weight excluding hydrogens is 431 g/mol. The number of ether oxygens (including phenoxy) is 1. The predicted octanol–water partition coefficient (Wildman–Crippen LogP) is 5.17. The molecule has 32 heavy (non-hydrogen) atoms. The van der Waals surface area contributed by atoms with Crippen molar-refractivity contribution in [3.05, 3.63) is 78.4 Å². The summed E-state index contributed by atoms with van der Waals surface area (Å²) in [5, 5.41) is 0. The highest BCUT2D eigenvalue weighted by Gasteiger charge is 2.39. The van der Waals surface area contributed by atoms with Crippen LogP contribution in [0.5, 0.6) is 5.75 Å². The first-order chi connectivity index (χ1) is 15.5. The predicted molar refractivity (Wildman–Crippen MR) is 118 cm³/mol. The molecule has 0 N–H and O–H groups in total. The van der Waals surface area contributed by atoms with Gasteiger partial charge in [-0.2, -0.15) is 4.31 Å². The highest BCUT2D eigenvalue weighted by molar-refractivity contribution is 7.89. The zero-order chi connectivity index (χ0) is 22.3. The molecule has 164 valence electrons. The fourth-order valence-electron chi connectivity index (χ4n) is 4.11. The van der Waals surface area contributed by atoms with Gasteiger partial charge in [0.25, 0.3) is 0 Å². The van der Waals surface area contributed by atoms with E-state index in [-0.39, 0.29) is 10.7 Å². The summed E-state index contributed by atoms with van der Waals surface area (Å²) in [5.41, 5.74) is 2.26. The standard InChI is InChI=1S/C24H21FN2O4S/c1-30-17-9-11-18(12-10-17)32(28,29)27-14-4-7-22(27)24-26-21-15-16(8-13-23(21)31-24)19-5-2-3-6-20(19)25/h2-3,5-6,8-13,15,22H,4,7,14H2,1H3. The summed E-state index contributed by atoms with van der Waals surface area (Å²) in [7, 11) is -2.19. The number of sulfonamides is 1. The van der Waals surface area contributed by atoms with E-state index in [2.05, 4.69) is 4.98 Å². The minimum atomic E-state index is -3.73. The van der Waals surface area contributed by atoms with E-state index in [1.807, 2.05) is 0 Å². The summed E-state index contributed by atoms with van der Waals surface area (Å²) in [6, 6.07) is 17.6. The molecule has 6 nitrogen and oxygen atoms in total. The molecule has 1 aromatic heterocycles. The molecule has 0 bridgehead atoms. The monoisotopic (exact) mass is 452 g/mol. The third-order valence-electron chi connectivity index (χ3n) is 5.74. The second-order valence-corrected chi connectivity index (χ2v) is 9.55. The van der Waals surface area contributed by atoms with Crippen LogP contribution in [-0.2, 0) is 10.0 Å². The van der Waals surface area contributed by atoms with Gasteiger partial charge in [-0.25, -0.2) is 17.8 Å². The average Bonchev–Trinajstić information content (AvgIpc) is 3.46. The summed E-state index contributed by atoms with van der Waals surface area (Å²) in [6.45, 7) is 0.387. The number of fused-ring (bicyclic) bond motifs is 1. The molecule has 1 unspecified atom stereocenters. The van der Waals surface area contributed by atoms with Crippen LogP contribution in [-0.4, -0.2) is 31.4 Å². The van der Waals surface area contributed by atoms with Crippen LogP contribution in [0.1, 0.15) is 24.8 Å². The van der Waals surface area contributed by atoms with Crippen molar-refractivity contribution in [1.82, 2.24) is 9.29 Å². The van der Waals surface area contributed by atoms with E-state index in [1.54, 1.807) is 48.5 Å². The van der Waals surface area contributed by atoms with Crippen LogP contribution in [0.15, 0.2) is 76.0 Å². The average molecular weight is 453 g/mol. The molecule has 2 heterocycles. The number of aromatic nitrogens is 1. The number of methoxy groups -OCH3 is 1. The topological polar surface area (TPSA) is 72.6 Å². The van der Waals surface area contributed by atoms with Gasteiger partial charge in [0.05, 0.1) is 12.0 Å². The van der Waals surface area contributed by atoms with Gasteiger partial charge >= 0.3 is 0 Å². The zero-order valence-electron chi connectivity index (χ0n) is 17.4. The van der Waals surface area contributed by atoms with Crippen molar-refractivity contribution in [1.29, 1.82) is 0 Å². The molecule has 5 rings (SSSR count). The lowest BCUT2D eigenvalue weighted by Gasteiger charge is -2.21. The van der Waals surface area contributed by atoms with Crippen LogP contribution in [0.25, 0.3) is 22.2 Å². The Morgan fingerprint density at radius 2 is 1.88 bits per heavy atom. The van der Waals surface area contributed by atoms with E-state index in [0.29, 0.717) is 53.3 Å². The van der Waals surface area contributed by atoms with Crippen molar-refractivity contribution in [2.75, 3.05) is 13.7 Å². The Labute approximate surface area is 185 Å². The fourth-order valence-corrected chi connectivity index (χ4v) is 5.76. The number of nitrogens with zero attached hydrogens (tertiary/aromatic N) is 2. The molecule has 1 saturated heterocycles. The molecule has 8 heteroatoms. The fraction of sp³-hybridized carbons (Fsp3) is 0.208. The molecule has 1 fully saturated rings. The number of hydrogen-bond donors (Lipinski definition) is 0. The van der Waals surface area contributed by atoms with E-state index in [0.717, 1.165) is 0 Å². The Bertz CT molecular complexity index is 1380. The van der Waals surface area contributed by atoms with Gasteiger partial charge in [0.1, 0.15) is 23.1 Å². The summed E-state index contributed by atoms with van der Waals surface area (Å²) >= 11 is 0. The Hall–Kier alpha value is -3.23. The first-order valence-electron chi connectivity index (χ1n) is 10.3.